The normalized spacial score (nSPS) is 10.6. The van der Waals surface area contributed by atoms with Crippen molar-refractivity contribution in [2.24, 2.45) is 7.05 Å². The summed E-state index contributed by atoms with van der Waals surface area (Å²) < 4.78 is 12.6. The summed E-state index contributed by atoms with van der Waals surface area (Å²) in [6.07, 6.45) is 1.55. The number of nitrogens with one attached hydrogen (secondary N) is 1. The Morgan fingerprint density at radius 1 is 1.41 bits per heavy atom. The van der Waals surface area contributed by atoms with Crippen molar-refractivity contribution in [3.05, 3.63) is 68.9 Å². The number of rotatable bonds is 6. The standard InChI is InChI=1S/C17H15ClN4O5/c1-10-14(8-19-21(10)2)20-17(23)16-6-4-12(27-16)9-26-15-5-3-11(22(24)25)7-13(15)18/h3-8H,9H2,1-2H3,(H,20,23). The summed E-state index contributed by atoms with van der Waals surface area (Å²) in [5.41, 5.74) is 1.27. The number of furan rings is 1. The van der Waals surface area contributed by atoms with Gasteiger partial charge in [-0.2, -0.15) is 5.10 Å². The minimum absolute atomic E-state index is 0.0106. The van der Waals surface area contributed by atoms with E-state index in [2.05, 4.69) is 10.4 Å². The Morgan fingerprint density at radius 3 is 2.81 bits per heavy atom. The topological polar surface area (TPSA) is 112 Å². The highest BCUT2D eigenvalue weighted by molar-refractivity contribution is 6.32. The van der Waals surface area contributed by atoms with Crippen molar-refractivity contribution < 1.29 is 18.9 Å². The van der Waals surface area contributed by atoms with Crippen LogP contribution in [0.5, 0.6) is 5.75 Å². The fourth-order valence-corrected chi connectivity index (χ4v) is 2.48. The van der Waals surface area contributed by atoms with Crippen LogP contribution in [0.15, 0.2) is 40.9 Å². The highest BCUT2D eigenvalue weighted by Crippen LogP contribution is 2.29. The molecule has 0 aliphatic carbocycles. The minimum atomic E-state index is -0.545. The van der Waals surface area contributed by atoms with Gasteiger partial charge in [0, 0.05) is 19.2 Å². The van der Waals surface area contributed by atoms with Gasteiger partial charge in [0.15, 0.2) is 5.76 Å². The van der Waals surface area contributed by atoms with Crippen LogP contribution in [0.4, 0.5) is 11.4 Å². The van der Waals surface area contributed by atoms with Crippen LogP contribution in [-0.4, -0.2) is 20.6 Å². The predicted octanol–water partition coefficient (Wildman–Crippen LogP) is 3.71. The van der Waals surface area contributed by atoms with E-state index in [4.69, 9.17) is 20.8 Å². The van der Waals surface area contributed by atoms with E-state index in [0.717, 1.165) is 5.69 Å². The summed E-state index contributed by atoms with van der Waals surface area (Å²) in [7, 11) is 1.77. The smallest absolute Gasteiger partial charge is 0.291 e. The third kappa shape index (κ3) is 4.09. The molecule has 0 aliphatic rings. The summed E-state index contributed by atoms with van der Waals surface area (Å²) in [6.45, 7) is 1.84. The van der Waals surface area contributed by atoms with E-state index < -0.39 is 10.8 Å². The molecule has 0 spiro atoms. The molecule has 9 nitrogen and oxygen atoms in total. The number of ether oxygens (including phenoxy) is 1. The molecule has 0 radical (unpaired) electrons. The number of amides is 1. The average molecular weight is 391 g/mol. The van der Waals surface area contributed by atoms with E-state index >= 15 is 0 Å². The number of nitro benzene ring substituents is 1. The first-order chi connectivity index (χ1) is 12.8. The maximum Gasteiger partial charge on any atom is 0.291 e. The van der Waals surface area contributed by atoms with Crippen molar-refractivity contribution in [1.82, 2.24) is 9.78 Å². The Balaban J connectivity index is 1.63. The highest BCUT2D eigenvalue weighted by atomic mass is 35.5. The van der Waals surface area contributed by atoms with Gasteiger partial charge >= 0.3 is 0 Å². The Morgan fingerprint density at radius 2 is 2.19 bits per heavy atom. The van der Waals surface area contributed by atoms with Crippen molar-refractivity contribution in [3.8, 4) is 5.75 Å². The van der Waals surface area contributed by atoms with Crippen LogP contribution >= 0.6 is 11.6 Å². The molecule has 0 fully saturated rings. The lowest BCUT2D eigenvalue weighted by Crippen LogP contribution is -2.11. The number of carbonyl (C=O) groups is 1. The summed E-state index contributed by atoms with van der Waals surface area (Å²) in [4.78, 5) is 22.4. The first-order valence-electron chi connectivity index (χ1n) is 7.80. The van der Waals surface area contributed by atoms with Gasteiger partial charge < -0.3 is 14.5 Å². The molecule has 0 aliphatic heterocycles. The third-order valence-corrected chi connectivity index (χ3v) is 4.16. The van der Waals surface area contributed by atoms with E-state index in [1.54, 1.807) is 24.0 Å². The molecule has 2 heterocycles. The largest absolute Gasteiger partial charge is 0.484 e. The number of halogens is 1. The van der Waals surface area contributed by atoms with Crippen molar-refractivity contribution in [3.63, 3.8) is 0 Å². The molecule has 1 N–H and O–H groups in total. The lowest BCUT2D eigenvalue weighted by Gasteiger charge is -2.06. The fraction of sp³-hybridized carbons (Fsp3) is 0.176. The van der Waals surface area contributed by atoms with E-state index in [9.17, 15) is 14.9 Å². The number of non-ortho nitro benzene ring substituents is 1. The second-order valence-electron chi connectivity index (χ2n) is 5.65. The SMILES string of the molecule is Cc1c(NC(=O)c2ccc(COc3ccc([N+](=O)[O-])cc3Cl)o2)cnn1C. The van der Waals surface area contributed by atoms with E-state index in [-0.39, 0.29) is 28.8 Å². The molecule has 0 unspecified atom stereocenters. The molecule has 10 heteroatoms. The maximum absolute atomic E-state index is 12.3. The number of benzene rings is 1. The Kier molecular flexibility index (Phi) is 5.13. The predicted molar refractivity (Wildman–Crippen MR) is 97.0 cm³/mol. The number of aryl methyl sites for hydroxylation is 1. The zero-order valence-electron chi connectivity index (χ0n) is 14.4. The average Bonchev–Trinajstić information content (AvgIpc) is 3.23. The van der Waals surface area contributed by atoms with E-state index in [0.29, 0.717) is 11.4 Å². The van der Waals surface area contributed by atoms with E-state index in [1.807, 2.05) is 6.92 Å². The van der Waals surface area contributed by atoms with Crippen LogP contribution in [-0.2, 0) is 13.7 Å². The summed E-state index contributed by atoms with van der Waals surface area (Å²) >= 11 is 5.97. The van der Waals surface area contributed by atoms with Gasteiger partial charge in [-0.05, 0) is 25.1 Å². The monoisotopic (exact) mass is 390 g/mol. The van der Waals surface area contributed by atoms with Crippen molar-refractivity contribution in [2.45, 2.75) is 13.5 Å². The van der Waals surface area contributed by atoms with Gasteiger partial charge in [-0.15, -0.1) is 0 Å². The number of hydrogen-bond acceptors (Lipinski definition) is 6. The lowest BCUT2D eigenvalue weighted by atomic mass is 10.3. The summed E-state index contributed by atoms with van der Waals surface area (Å²) in [6, 6.07) is 7.02. The van der Waals surface area contributed by atoms with Crippen molar-refractivity contribution in [2.75, 3.05) is 5.32 Å². The van der Waals surface area contributed by atoms with E-state index in [1.165, 1.54) is 24.3 Å². The fourth-order valence-electron chi connectivity index (χ4n) is 2.25. The highest BCUT2D eigenvalue weighted by Gasteiger charge is 2.15. The van der Waals surface area contributed by atoms with Gasteiger partial charge in [-0.25, -0.2) is 0 Å². The number of carbonyl (C=O) groups excluding carboxylic acids is 1. The van der Waals surface area contributed by atoms with Crippen LogP contribution in [0.25, 0.3) is 0 Å². The van der Waals surface area contributed by atoms with Crippen molar-refractivity contribution >= 4 is 28.9 Å². The molecule has 0 bridgehead atoms. The third-order valence-electron chi connectivity index (χ3n) is 3.87. The van der Waals surface area contributed by atoms with Gasteiger partial charge in [-0.3, -0.25) is 19.6 Å². The van der Waals surface area contributed by atoms with Crippen LogP contribution in [0.2, 0.25) is 5.02 Å². The number of nitro groups is 1. The molecule has 0 saturated carbocycles. The number of anilines is 1. The summed E-state index contributed by atoms with van der Waals surface area (Å²) in [5, 5.41) is 17.6. The molecule has 1 aromatic carbocycles. The maximum atomic E-state index is 12.3. The Hall–Kier alpha value is -3.33. The van der Waals surface area contributed by atoms with Crippen LogP contribution in [0.1, 0.15) is 22.0 Å². The van der Waals surface area contributed by atoms with Crippen LogP contribution in [0, 0.1) is 17.0 Å². The second kappa shape index (κ2) is 7.50. The first-order valence-corrected chi connectivity index (χ1v) is 8.18. The Bertz CT molecular complexity index is 1010. The molecule has 0 saturated heterocycles. The molecule has 2 aromatic heterocycles. The number of nitrogens with zero attached hydrogens (tertiary/aromatic N) is 3. The molecule has 140 valence electrons. The molecular formula is C17H15ClN4O5. The zero-order chi connectivity index (χ0) is 19.6. The van der Waals surface area contributed by atoms with Gasteiger partial charge in [0.05, 0.1) is 27.5 Å². The number of hydrogen-bond donors (Lipinski definition) is 1. The van der Waals surface area contributed by atoms with Gasteiger partial charge in [0.1, 0.15) is 18.1 Å². The Labute approximate surface area is 158 Å². The van der Waals surface area contributed by atoms with Crippen LogP contribution < -0.4 is 10.1 Å². The summed E-state index contributed by atoms with van der Waals surface area (Å²) in [5.74, 6) is 0.380. The molecule has 0 atom stereocenters. The second-order valence-corrected chi connectivity index (χ2v) is 6.06. The molecule has 27 heavy (non-hydrogen) atoms. The van der Waals surface area contributed by atoms with Gasteiger partial charge in [0.2, 0.25) is 0 Å². The van der Waals surface area contributed by atoms with Crippen LogP contribution in [0.3, 0.4) is 0 Å². The number of aromatic nitrogens is 2. The lowest BCUT2D eigenvalue weighted by molar-refractivity contribution is -0.384. The quantitative estimate of drug-likeness (QED) is 0.507. The first kappa shape index (κ1) is 18.5. The van der Waals surface area contributed by atoms with Gasteiger partial charge in [-0.1, -0.05) is 11.6 Å². The molecule has 3 rings (SSSR count). The molecule has 1 amide bonds. The van der Waals surface area contributed by atoms with Gasteiger partial charge in [0.25, 0.3) is 11.6 Å². The molecule has 3 aromatic rings. The van der Waals surface area contributed by atoms with Crippen molar-refractivity contribution in [1.29, 1.82) is 0 Å². The molecular weight excluding hydrogens is 376 g/mol. The zero-order valence-corrected chi connectivity index (χ0v) is 15.2. The minimum Gasteiger partial charge on any atom is -0.484 e.